The SMILES string of the molecule is CC(N)C(=O)N1CCC(N2CCOCC2)CC1. The smallest absolute Gasteiger partial charge is 0.239 e. The molecule has 5 nitrogen and oxygen atoms in total. The molecule has 2 N–H and O–H groups in total. The van der Waals surface area contributed by atoms with Gasteiger partial charge >= 0.3 is 0 Å². The molecule has 2 saturated heterocycles. The zero-order valence-electron chi connectivity index (χ0n) is 10.6. The predicted molar refractivity (Wildman–Crippen MR) is 65.6 cm³/mol. The second kappa shape index (κ2) is 5.80. The first-order valence-corrected chi connectivity index (χ1v) is 6.54. The number of piperidine rings is 1. The van der Waals surface area contributed by atoms with Crippen LogP contribution >= 0.6 is 0 Å². The summed E-state index contributed by atoms with van der Waals surface area (Å²) in [5.41, 5.74) is 5.63. The van der Waals surface area contributed by atoms with Crippen LogP contribution in [0, 0.1) is 0 Å². The van der Waals surface area contributed by atoms with Crippen molar-refractivity contribution >= 4 is 5.91 Å². The van der Waals surface area contributed by atoms with Gasteiger partial charge in [-0.2, -0.15) is 0 Å². The van der Waals surface area contributed by atoms with Crippen LogP contribution in [0.4, 0.5) is 0 Å². The van der Waals surface area contributed by atoms with Gasteiger partial charge in [-0.15, -0.1) is 0 Å². The Hall–Kier alpha value is -0.650. The predicted octanol–water partition coefficient (Wildman–Crippen LogP) is -0.343. The lowest BCUT2D eigenvalue weighted by molar-refractivity contribution is -0.134. The zero-order chi connectivity index (χ0) is 12.3. The summed E-state index contributed by atoms with van der Waals surface area (Å²) in [5.74, 6) is 0.0884. The average molecular weight is 241 g/mol. The Labute approximate surface area is 103 Å². The molecule has 2 rings (SSSR count). The molecule has 2 aliphatic rings. The minimum absolute atomic E-state index is 0.0884. The van der Waals surface area contributed by atoms with E-state index in [4.69, 9.17) is 10.5 Å². The molecule has 1 amide bonds. The number of carbonyl (C=O) groups is 1. The summed E-state index contributed by atoms with van der Waals surface area (Å²) >= 11 is 0. The molecular weight excluding hydrogens is 218 g/mol. The van der Waals surface area contributed by atoms with Crippen LogP contribution in [0.1, 0.15) is 19.8 Å². The van der Waals surface area contributed by atoms with Crippen molar-refractivity contribution in [1.29, 1.82) is 0 Å². The van der Waals surface area contributed by atoms with Crippen LogP contribution in [-0.4, -0.2) is 67.2 Å². The van der Waals surface area contributed by atoms with E-state index in [1.54, 1.807) is 6.92 Å². The Bertz CT molecular complexity index is 256. The topological polar surface area (TPSA) is 58.8 Å². The molecule has 0 aromatic rings. The molecule has 0 aliphatic carbocycles. The second-order valence-corrected chi connectivity index (χ2v) is 4.99. The quantitative estimate of drug-likeness (QED) is 0.718. The van der Waals surface area contributed by atoms with Crippen molar-refractivity contribution in [2.75, 3.05) is 39.4 Å². The third kappa shape index (κ3) is 3.18. The van der Waals surface area contributed by atoms with E-state index in [0.717, 1.165) is 52.2 Å². The van der Waals surface area contributed by atoms with Gasteiger partial charge in [-0.25, -0.2) is 0 Å². The molecule has 0 bridgehead atoms. The maximum absolute atomic E-state index is 11.7. The van der Waals surface area contributed by atoms with Crippen molar-refractivity contribution in [3.8, 4) is 0 Å². The molecule has 2 heterocycles. The van der Waals surface area contributed by atoms with Crippen molar-refractivity contribution in [3.63, 3.8) is 0 Å². The molecule has 17 heavy (non-hydrogen) atoms. The minimum Gasteiger partial charge on any atom is -0.379 e. The van der Waals surface area contributed by atoms with Crippen LogP contribution in [0.25, 0.3) is 0 Å². The Kier molecular flexibility index (Phi) is 4.36. The van der Waals surface area contributed by atoms with Crippen molar-refractivity contribution < 1.29 is 9.53 Å². The molecule has 1 unspecified atom stereocenters. The number of morpholine rings is 1. The minimum atomic E-state index is -0.366. The normalized spacial score (nSPS) is 25.9. The molecule has 0 saturated carbocycles. The van der Waals surface area contributed by atoms with E-state index in [9.17, 15) is 4.79 Å². The first kappa shape index (κ1) is 12.8. The number of nitrogens with two attached hydrogens (primary N) is 1. The molecule has 2 aliphatic heterocycles. The van der Waals surface area contributed by atoms with Gasteiger partial charge in [0.2, 0.25) is 5.91 Å². The zero-order valence-corrected chi connectivity index (χ0v) is 10.6. The van der Waals surface area contributed by atoms with Crippen LogP contribution in [-0.2, 0) is 9.53 Å². The lowest BCUT2D eigenvalue weighted by atomic mass is 10.0. The van der Waals surface area contributed by atoms with Crippen LogP contribution in [0.15, 0.2) is 0 Å². The lowest BCUT2D eigenvalue weighted by Crippen LogP contribution is -2.52. The largest absolute Gasteiger partial charge is 0.379 e. The number of carbonyl (C=O) groups excluding carboxylic acids is 1. The van der Waals surface area contributed by atoms with Gasteiger partial charge in [-0.1, -0.05) is 0 Å². The number of nitrogens with zero attached hydrogens (tertiary/aromatic N) is 2. The Morgan fingerprint density at radius 1 is 1.24 bits per heavy atom. The first-order chi connectivity index (χ1) is 8.18. The van der Waals surface area contributed by atoms with Crippen molar-refractivity contribution in [1.82, 2.24) is 9.80 Å². The average Bonchev–Trinajstić information content (AvgIpc) is 2.39. The number of hydrogen-bond acceptors (Lipinski definition) is 4. The molecule has 0 aromatic heterocycles. The maximum atomic E-state index is 11.7. The highest BCUT2D eigenvalue weighted by atomic mass is 16.5. The van der Waals surface area contributed by atoms with Crippen molar-refractivity contribution in [2.24, 2.45) is 5.73 Å². The van der Waals surface area contributed by atoms with E-state index in [0.29, 0.717) is 6.04 Å². The summed E-state index contributed by atoms with van der Waals surface area (Å²) in [5, 5.41) is 0. The Balaban J connectivity index is 1.79. The van der Waals surface area contributed by atoms with Crippen molar-refractivity contribution in [3.05, 3.63) is 0 Å². The third-order valence-corrected chi connectivity index (χ3v) is 3.73. The number of ether oxygens (including phenoxy) is 1. The Morgan fingerprint density at radius 2 is 1.82 bits per heavy atom. The van der Waals surface area contributed by atoms with Gasteiger partial charge in [0, 0.05) is 32.2 Å². The molecular formula is C12H23N3O2. The van der Waals surface area contributed by atoms with Crippen LogP contribution < -0.4 is 5.73 Å². The molecule has 0 radical (unpaired) electrons. The maximum Gasteiger partial charge on any atom is 0.239 e. The first-order valence-electron chi connectivity index (χ1n) is 6.54. The highest BCUT2D eigenvalue weighted by Gasteiger charge is 2.28. The van der Waals surface area contributed by atoms with Gasteiger partial charge in [0.05, 0.1) is 19.3 Å². The monoisotopic (exact) mass is 241 g/mol. The molecule has 1 atom stereocenters. The highest BCUT2D eigenvalue weighted by molar-refractivity contribution is 5.81. The third-order valence-electron chi connectivity index (χ3n) is 3.73. The van der Waals surface area contributed by atoms with Gasteiger partial charge in [0.15, 0.2) is 0 Å². The summed E-state index contributed by atoms with van der Waals surface area (Å²) in [6.45, 7) is 7.22. The van der Waals surface area contributed by atoms with Gasteiger partial charge in [-0.05, 0) is 19.8 Å². The number of amides is 1. The fourth-order valence-corrected chi connectivity index (χ4v) is 2.68. The molecule has 98 valence electrons. The summed E-state index contributed by atoms with van der Waals surface area (Å²) in [7, 11) is 0. The van der Waals surface area contributed by atoms with Gasteiger partial charge in [0.1, 0.15) is 0 Å². The van der Waals surface area contributed by atoms with Gasteiger partial charge in [-0.3, -0.25) is 9.69 Å². The standard InChI is InChI=1S/C12H23N3O2/c1-10(13)12(16)15-4-2-11(3-5-15)14-6-8-17-9-7-14/h10-11H,2-9,13H2,1H3. The van der Waals surface area contributed by atoms with Crippen LogP contribution in [0.3, 0.4) is 0 Å². The summed E-state index contributed by atoms with van der Waals surface area (Å²) in [6.07, 6.45) is 2.14. The van der Waals surface area contributed by atoms with Crippen molar-refractivity contribution in [2.45, 2.75) is 31.8 Å². The lowest BCUT2D eigenvalue weighted by Gasteiger charge is -2.40. The number of hydrogen-bond donors (Lipinski definition) is 1. The van der Waals surface area contributed by atoms with Crippen LogP contribution in [0.5, 0.6) is 0 Å². The summed E-state index contributed by atoms with van der Waals surface area (Å²) < 4.78 is 5.36. The molecule has 0 aromatic carbocycles. The van der Waals surface area contributed by atoms with E-state index in [2.05, 4.69) is 4.90 Å². The van der Waals surface area contributed by atoms with E-state index in [-0.39, 0.29) is 11.9 Å². The van der Waals surface area contributed by atoms with E-state index in [1.165, 1.54) is 0 Å². The molecule has 5 heteroatoms. The van der Waals surface area contributed by atoms with E-state index in [1.807, 2.05) is 4.90 Å². The molecule has 2 fully saturated rings. The number of likely N-dealkylation sites (tertiary alicyclic amines) is 1. The van der Waals surface area contributed by atoms with E-state index >= 15 is 0 Å². The van der Waals surface area contributed by atoms with Gasteiger partial charge < -0.3 is 15.4 Å². The molecule has 0 spiro atoms. The highest BCUT2D eigenvalue weighted by Crippen LogP contribution is 2.18. The fourth-order valence-electron chi connectivity index (χ4n) is 2.68. The summed E-state index contributed by atoms with van der Waals surface area (Å²) in [4.78, 5) is 16.1. The van der Waals surface area contributed by atoms with Gasteiger partial charge in [0.25, 0.3) is 0 Å². The van der Waals surface area contributed by atoms with Crippen LogP contribution in [0.2, 0.25) is 0 Å². The second-order valence-electron chi connectivity index (χ2n) is 4.99. The number of rotatable bonds is 2. The summed E-state index contributed by atoms with van der Waals surface area (Å²) in [6, 6.07) is 0.256. The fraction of sp³-hybridized carbons (Fsp3) is 0.917. The van der Waals surface area contributed by atoms with E-state index < -0.39 is 0 Å². The Morgan fingerprint density at radius 3 is 2.35 bits per heavy atom.